The first-order chi connectivity index (χ1) is 10.0. The average molecular weight is 292 g/mol. The van der Waals surface area contributed by atoms with Crippen molar-refractivity contribution in [2.24, 2.45) is 0 Å². The van der Waals surface area contributed by atoms with Crippen LogP contribution in [0.5, 0.6) is 0 Å². The summed E-state index contributed by atoms with van der Waals surface area (Å²) in [6, 6.07) is 9.52. The van der Waals surface area contributed by atoms with Gasteiger partial charge in [0.25, 0.3) is 0 Å². The van der Waals surface area contributed by atoms with Crippen molar-refractivity contribution in [1.29, 1.82) is 0 Å². The summed E-state index contributed by atoms with van der Waals surface area (Å²) in [7, 11) is 0. The van der Waals surface area contributed by atoms with Crippen LogP contribution in [0.1, 0.15) is 24.9 Å². The molecule has 0 saturated carbocycles. The zero-order valence-electron chi connectivity index (χ0n) is 11.3. The second-order valence-corrected chi connectivity index (χ2v) is 4.55. The van der Waals surface area contributed by atoms with E-state index in [9.17, 15) is 18.9 Å². The lowest BCUT2D eigenvalue weighted by Gasteiger charge is -2.19. The third-order valence-corrected chi connectivity index (χ3v) is 3.17. The molecule has 0 aliphatic heterocycles. The van der Waals surface area contributed by atoms with Crippen LogP contribution in [0, 0.1) is 21.7 Å². The van der Waals surface area contributed by atoms with E-state index in [0.29, 0.717) is 17.7 Å². The highest BCUT2D eigenvalue weighted by Crippen LogP contribution is 2.27. The SMILES string of the molecule is CCC(Nc1ccc([N+](=O)[O-])c(F)c1)c1ccccc1F. The molecule has 21 heavy (non-hydrogen) atoms. The highest BCUT2D eigenvalue weighted by Gasteiger charge is 2.17. The number of hydrogen-bond donors (Lipinski definition) is 1. The Morgan fingerprint density at radius 3 is 2.48 bits per heavy atom. The average Bonchev–Trinajstić information content (AvgIpc) is 2.45. The Hall–Kier alpha value is -2.50. The number of hydrogen-bond acceptors (Lipinski definition) is 3. The van der Waals surface area contributed by atoms with E-state index in [1.165, 1.54) is 12.1 Å². The molecule has 1 N–H and O–H groups in total. The highest BCUT2D eigenvalue weighted by atomic mass is 19.1. The normalized spacial score (nSPS) is 12.0. The van der Waals surface area contributed by atoms with Gasteiger partial charge in [-0.25, -0.2) is 4.39 Å². The van der Waals surface area contributed by atoms with E-state index in [0.717, 1.165) is 12.1 Å². The molecule has 0 heterocycles. The molecular weight excluding hydrogens is 278 g/mol. The van der Waals surface area contributed by atoms with Crippen LogP contribution >= 0.6 is 0 Å². The van der Waals surface area contributed by atoms with Crippen molar-refractivity contribution in [3.05, 3.63) is 69.8 Å². The number of nitrogens with zero attached hydrogens (tertiary/aromatic N) is 1. The summed E-state index contributed by atoms with van der Waals surface area (Å²) in [5.41, 5.74) is 0.256. The zero-order chi connectivity index (χ0) is 15.4. The van der Waals surface area contributed by atoms with E-state index in [1.807, 2.05) is 6.92 Å². The third-order valence-electron chi connectivity index (χ3n) is 3.17. The van der Waals surface area contributed by atoms with E-state index in [1.54, 1.807) is 18.2 Å². The molecule has 4 nitrogen and oxygen atoms in total. The lowest BCUT2D eigenvalue weighted by atomic mass is 10.0. The van der Waals surface area contributed by atoms with Crippen LogP contribution in [0.15, 0.2) is 42.5 Å². The standard InChI is InChI=1S/C15H14F2N2O2/c1-2-14(11-5-3-4-6-12(11)16)18-10-7-8-15(19(20)21)13(17)9-10/h3-9,14,18H,2H2,1H3. The van der Waals surface area contributed by atoms with Crippen LogP contribution in [0.3, 0.4) is 0 Å². The molecule has 0 aliphatic carbocycles. The number of halogens is 2. The fourth-order valence-electron chi connectivity index (χ4n) is 2.10. The number of nitro benzene ring substituents is 1. The van der Waals surface area contributed by atoms with Crippen LogP contribution in [0.4, 0.5) is 20.2 Å². The molecule has 110 valence electrons. The minimum Gasteiger partial charge on any atom is -0.378 e. The highest BCUT2D eigenvalue weighted by molar-refractivity contribution is 5.51. The molecular formula is C15H14F2N2O2. The Kier molecular flexibility index (Phi) is 4.47. The minimum atomic E-state index is -0.923. The van der Waals surface area contributed by atoms with Crippen molar-refractivity contribution in [3.8, 4) is 0 Å². The summed E-state index contributed by atoms with van der Waals surface area (Å²) in [5, 5.41) is 13.6. The van der Waals surface area contributed by atoms with Gasteiger partial charge in [0.1, 0.15) is 5.82 Å². The molecule has 2 aromatic carbocycles. The molecule has 0 aliphatic rings. The minimum absolute atomic E-state index is 0.341. The van der Waals surface area contributed by atoms with Crippen LogP contribution in [-0.4, -0.2) is 4.92 Å². The smallest absolute Gasteiger partial charge is 0.304 e. The summed E-state index contributed by atoms with van der Waals surface area (Å²) >= 11 is 0. The molecule has 0 fully saturated rings. The monoisotopic (exact) mass is 292 g/mol. The number of rotatable bonds is 5. The molecule has 0 bridgehead atoms. The van der Waals surface area contributed by atoms with Crippen molar-refractivity contribution in [3.63, 3.8) is 0 Å². The van der Waals surface area contributed by atoms with Crippen molar-refractivity contribution in [2.45, 2.75) is 19.4 Å². The van der Waals surface area contributed by atoms with Gasteiger partial charge in [0.2, 0.25) is 5.82 Å². The third kappa shape index (κ3) is 3.34. The van der Waals surface area contributed by atoms with Crippen LogP contribution in [0.25, 0.3) is 0 Å². The van der Waals surface area contributed by atoms with E-state index >= 15 is 0 Å². The molecule has 2 aromatic rings. The van der Waals surface area contributed by atoms with Crippen molar-refractivity contribution in [2.75, 3.05) is 5.32 Å². The lowest BCUT2D eigenvalue weighted by molar-refractivity contribution is -0.387. The number of nitro groups is 1. The fourth-order valence-corrected chi connectivity index (χ4v) is 2.10. The van der Waals surface area contributed by atoms with Crippen molar-refractivity contribution >= 4 is 11.4 Å². The molecule has 0 amide bonds. The van der Waals surface area contributed by atoms with Crippen LogP contribution < -0.4 is 5.32 Å². The predicted molar refractivity (Wildman–Crippen MR) is 76.1 cm³/mol. The van der Waals surface area contributed by atoms with Gasteiger partial charge in [0, 0.05) is 23.4 Å². The Balaban J connectivity index is 2.25. The van der Waals surface area contributed by atoms with E-state index in [4.69, 9.17) is 0 Å². The summed E-state index contributed by atoms with van der Waals surface area (Å²) in [4.78, 5) is 9.79. The second-order valence-electron chi connectivity index (χ2n) is 4.55. The van der Waals surface area contributed by atoms with Gasteiger partial charge in [0.15, 0.2) is 0 Å². The second kappa shape index (κ2) is 6.30. The zero-order valence-corrected chi connectivity index (χ0v) is 11.3. The van der Waals surface area contributed by atoms with Crippen LogP contribution in [0.2, 0.25) is 0 Å². The summed E-state index contributed by atoms with van der Waals surface area (Å²) in [6.45, 7) is 1.87. The maximum absolute atomic E-state index is 13.8. The lowest BCUT2D eigenvalue weighted by Crippen LogP contribution is -2.11. The quantitative estimate of drug-likeness (QED) is 0.655. The fraction of sp³-hybridized carbons (Fsp3) is 0.200. The Labute approximate surface area is 120 Å². The van der Waals surface area contributed by atoms with Gasteiger partial charge in [-0.3, -0.25) is 10.1 Å². The Morgan fingerprint density at radius 1 is 1.19 bits per heavy atom. The Morgan fingerprint density at radius 2 is 1.90 bits per heavy atom. The van der Waals surface area contributed by atoms with E-state index in [2.05, 4.69) is 5.32 Å². The molecule has 0 spiro atoms. The molecule has 1 atom stereocenters. The maximum Gasteiger partial charge on any atom is 0.304 e. The number of nitrogens with one attached hydrogen (secondary N) is 1. The van der Waals surface area contributed by atoms with Gasteiger partial charge in [-0.1, -0.05) is 25.1 Å². The van der Waals surface area contributed by atoms with Gasteiger partial charge >= 0.3 is 5.69 Å². The first-order valence-corrected chi connectivity index (χ1v) is 6.47. The van der Waals surface area contributed by atoms with Gasteiger partial charge in [-0.05, 0) is 18.6 Å². The first kappa shape index (κ1) is 14.9. The largest absolute Gasteiger partial charge is 0.378 e. The summed E-state index contributed by atoms with van der Waals surface area (Å²) in [6.07, 6.45) is 0.583. The van der Waals surface area contributed by atoms with Gasteiger partial charge in [0.05, 0.1) is 11.0 Å². The molecule has 6 heteroatoms. The van der Waals surface area contributed by atoms with Gasteiger partial charge in [-0.2, -0.15) is 4.39 Å². The molecule has 2 rings (SSSR count). The summed E-state index contributed by atoms with van der Waals surface area (Å²) in [5.74, 6) is -1.27. The summed E-state index contributed by atoms with van der Waals surface area (Å²) < 4.78 is 27.4. The van der Waals surface area contributed by atoms with E-state index in [-0.39, 0.29) is 11.9 Å². The van der Waals surface area contributed by atoms with Crippen molar-refractivity contribution < 1.29 is 13.7 Å². The molecule has 0 radical (unpaired) electrons. The predicted octanol–water partition coefficient (Wildman–Crippen LogP) is 4.44. The van der Waals surface area contributed by atoms with E-state index < -0.39 is 16.4 Å². The first-order valence-electron chi connectivity index (χ1n) is 6.47. The van der Waals surface area contributed by atoms with Crippen LogP contribution in [-0.2, 0) is 0 Å². The van der Waals surface area contributed by atoms with Crippen molar-refractivity contribution in [1.82, 2.24) is 0 Å². The molecule has 0 saturated heterocycles. The van der Waals surface area contributed by atoms with Gasteiger partial charge in [-0.15, -0.1) is 0 Å². The topological polar surface area (TPSA) is 55.2 Å². The van der Waals surface area contributed by atoms with Gasteiger partial charge < -0.3 is 5.32 Å². The molecule has 1 unspecified atom stereocenters. The number of anilines is 1. The number of benzene rings is 2. The maximum atomic E-state index is 13.8. The molecule has 0 aromatic heterocycles. The Bertz CT molecular complexity index is 662.